The van der Waals surface area contributed by atoms with Crippen molar-refractivity contribution < 1.29 is 9.53 Å². The van der Waals surface area contributed by atoms with Gasteiger partial charge in [0.15, 0.2) is 0 Å². The van der Waals surface area contributed by atoms with Gasteiger partial charge in [-0.25, -0.2) is 0 Å². The summed E-state index contributed by atoms with van der Waals surface area (Å²) in [6.45, 7) is 3.26. The molecule has 1 aliphatic heterocycles. The van der Waals surface area contributed by atoms with Gasteiger partial charge < -0.3 is 10.1 Å². The standard InChI is InChI=1S/C14H17BrClNO2/c1-10-8-11(2-3-12(10)15)13(18)17-14(9-16)4-6-19-7-5-14/h2-3,8H,4-7,9H2,1H3,(H,17,18). The van der Waals surface area contributed by atoms with Crippen LogP contribution in [0.2, 0.25) is 0 Å². The highest BCUT2D eigenvalue weighted by Crippen LogP contribution is 2.23. The first-order valence-corrected chi connectivity index (χ1v) is 7.61. The number of ether oxygens (including phenoxy) is 1. The average molecular weight is 347 g/mol. The maximum absolute atomic E-state index is 12.3. The molecule has 1 aromatic carbocycles. The Morgan fingerprint density at radius 1 is 1.47 bits per heavy atom. The molecule has 0 spiro atoms. The molecule has 1 amide bonds. The Morgan fingerprint density at radius 2 is 2.16 bits per heavy atom. The Hall–Kier alpha value is -0.580. The molecule has 0 radical (unpaired) electrons. The molecule has 1 saturated heterocycles. The second-order valence-electron chi connectivity index (χ2n) is 4.94. The molecule has 0 aromatic heterocycles. The highest BCUT2D eigenvalue weighted by atomic mass is 79.9. The van der Waals surface area contributed by atoms with Crippen molar-refractivity contribution in [3.63, 3.8) is 0 Å². The van der Waals surface area contributed by atoms with Crippen molar-refractivity contribution in [3.05, 3.63) is 33.8 Å². The van der Waals surface area contributed by atoms with E-state index in [4.69, 9.17) is 16.3 Å². The number of aryl methyl sites for hydroxylation is 1. The zero-order chi connectivity index (χ0) is 13.9. The van der Waals surface area contributed by atoms with Gasteiger partial charge in [-0.05, 0) is 43.5 Å². The fraction of sp³-hybridized carbons (Fsp3) is 0.500. The van der Waals surface area contributed by atoms with Crippen LogP contribution in [0.4, 0.5) is 0 Å². The predicted molar refractivity (Wildman–Crippen MR) is 79.8 cm³/mol. The van der Waals surface area contributed by atoms with Crippen molar-refractivity contribution in [2.24, 2.45) is 0 Å². The smallest absolute Gasteiger partial charge is 0.251 e. The lowest BCUT2D eigenvalue weighted by molar-refractivity contribution is 0.0434. The molecule has 5 heteroatoms. The largest absolute Gasteiger partial charge is 0.381 e. The molecule has 1 aliphatic rings. The molecule has 1 aromatic rings. The van der Waals surface area contributed by atoms with Crippen LogP contribution in [0.25, 0.3) is 0 Å². The fourth-order valence-electron chi connectivity index (χ4n) is 2.15. The van der Waals surface area contributed by atoms with Gasteiger partial charge in [-0.2, -0.15) is 0 Å². The predicted octanol–water partition coefficient (Wildman–Crippen LogP) is 3.28. The Morgan fingerprint density at radius 3 is 2.74 bits per heavy atom. The van der Waals surface area contributed by atoms with Gasteiger partial charge in [-0.3, -0.25) is 4.79 Å². The summed E-state index contributed by atoms with van der Waals surface area (Å²) in [7, 11) is 0. The van der Waals surface area contributed by atoms with Crippen molar-refractivity contribution in [2.75, 3.05) is 19.1 Å². The van der Waals surface area contributed by atoms with E-state index in [1.54, 1.807) is 0 Å². The van der Waals surface area contributed by atoms with Gasteiger partial charge in [-0.1, -0.05) is 15.9 Å². The Kier molecular flexibility index (Phi) is 4.87. The SMILES string of the molecule is Cc1cc(C(=O)NC2(CCl)CCOCC2)ccc1Br. The van der Waals surface area contributed by atoms with E-state index in [2.05, 4.69) is 21.2 Å². The molecule has 1 fully saturated rings. The van der Waals surface area contributed by atoms with Crippen LogP contribution in [0.1, 0.15) is 28.8 Å². The van der Waals surface area contributed by atoms with Crippen molar-refractivity contribution in [2.45, 2.75) is 25.3 Å². The minimum absolute atomic E-state index is 0.0712. The van der Waals surface area contributed by atoms with Gasteiger partial charge in [0.2, 0.25) is 0 Å². The number of carbonyl (C=O) groups excluding carboxylic acids is 1. The number of amides is 1. The number of alkyl halides is 1. The van der Waals surface area contributed by atoms with Crippen LogP contribution in [0, 0.1) is 6.92 Å². The summed E-state index contributed by atoms with van der Waals surface area (Å²) in [5.41, 5.74) is 1.37. The third-order valence-electron chi connectivity index (χ3n) is 3.50. The van der Waals surface area contributed by atoms with Crippen LogP contribution < -0.4 is 5.32 Å². The van der Waals surface area contributed by atoms with Crippen molar-refractivity contribution >= 4 is 33.4 Å². The van der Waals surface area contributed by atoms with E-state index >= 15 is 0 Å². The summed E-state index contributed by atoms with van der Waals surface area (Å²) in [6.07, 6.45) is 1.52. The van der Waals surface area contributed by atoms with Gasteiger partial charge in [0.1, 0.15) is 0 Å². The minimum Gasteiger partial charge on any atom is -0.381 e. The van der Waals surface area contributed by atoms with Crippen molar-refractivity contribution in [3.8, 4) is 0 Å². The molecule has 0 bridgehead atoms. The molecule has 1 N–H and O–H groups in total. The van der Waals surface area contributed by atoms with E-state index < -0.39 is 0 Å². The number of hydrogen-bond acceptors (Lipinski definition) is 2. The molecule has 0 saturated carbocycles. The van der Waals surface area contributed by atoms with Crippen LogP contribution in [-0.2, 0) is 4.74 Å². The zero-order valence-electron chi connectivity index (χ0n) is 10.8. The molecule has 3 nitrogen and oxygen atoms in total. The average Bonchev–Trinajstić information content (AvgIpc) is 2.43. The molecule has 19 heavy (non-hydrogen) atoms. The summed E-state index contributed by atoms with van der Waals surface area (Å²) in [6, 6.07) is 5.58. The van der Waals surface area contributed by atoms with Gasteiger partial charge in [-0.15, -0.1) is 11.6 Å². The second kappa shape index (κ2) is 6.25. The van der Waals surface area contributed by atoms with Gasteiger partial charge in [0.05, 0.1) is 5.54 Å². The van der Waals surface area contributed by atoms with Crippen LogP contribution in [0.5, 0.6) is 0 Å². The Labute approximate surface area is 126 Å². The third kappa shape index (κ3) is 3.50. The second-order valence-corrected chi connectivity index (χ2v) is 6.07. The van der Waals surface area contributed by atoms with Crippen LogP contribution in [-0.4, -0.2) is 30.5 Å². The highest BCUT2D eigenvalue weighted by molar-refractivity contribution is 9.10. The zero-order valence-corrected chi connectivity index (χ0v) is 13.2. The quantitative estimate of drug-likeness (QED) is 0.853. The number of rotatable bonds is 3. The normalized spacial score (nSPS) is 18.1. The molecule has 0 aliphatic carbocycles. The van der Waals surface area contributed by atoms with Crippen LogP contribution in [0.15, 0.2) is 22.7 Å². The topological polar surface area (TPSA) is 38.3 Å². The van der Waals surface area contributed by atoms with E-state index in [1.807, 2.05) is 25.1 Å². The molecule has 2 rings (SSSR count). The number of hydrogen-bond donors (Lipinski definition) is 1. The van der Waals surface area contributed by atoms with Crippen molar-refractivity contribution in [1.82, 2.24) is 5.32 Å². The summed E-state index contributed by atoms with van der Waals surface area (Å²) < 4.78 is 6.33. The first kappa shape index (κ1) is 14.8. The lowest BCUT2D eigenvalue weighted by atomic mass is 9.91. The lowest BCUT2D eigenvalue weighted by Gasteiger charge is -2.36. The van der Waals surface area contributed by atoms with E-state index in [9.17, 15) is 4.79 Å². The Balaban J connectivity index is 2.12. The van der Waals surface area contributed by atoms with E-state index in [0.717, 1.165) is 22.9 Å². The Bertz CT molecular complexity index is 473. The van der Waals surface area contributed by atoms with Crippen molar-refractivity contribution in [1.29, 1.82) is 0 Å². The fourth-order valence-corrected chi connectivity index (χ4v) is 2.73. The summed E-state index contributed by atoms with van der Waals surface area (Å²) in [4.78, 5) is 12.3. The maximum atomic E-state index is 12.3. The van der Waals surface area contributed by atoms with Gasteiger partial charge >= 0.3 is 0 Å². The number of benzene rings is 1. The molecule has 104 valence electrons. The highest BCUT2D eigenvalue weighted by Gasteiger charge is 2.33. The monoisotopic (exact) mass is 345 g/mol. The number of carbonyl (C=O) groups is 1. The van der Waals surface area contributed by atoms with Gasteiger partial charge in [0, 0.05) is 29.1 Å². The summed E-state index contributed by atoms with van der Waals surface area (Å²) in [5.74, 6) is 0.343. The summed E-state index contributed by atoms with van der Waals surface area (Å²) in [5, 5.41) is 3.08. The minimum atomic E-state index is -0.335. The maximum Gasteiger partial charge on any atom is 0.251 e. The molecule has 0 atom stereocenters. The van der Waals surface area contributed by atoms with E-state index in [1.165, 1.54) is 0 Å². The lowest BCUT2D eigenvalue weighted by Crippen LogP contribution is -2.53. The molecular weight excluding hydrogens is 330 g/mol. The molecule has 1 heterocycles. The first-order chi connectivity index (χ1) is 9.06. The number of halogens is 2. The van der Waals surface area contributed by atoms with Gasteiger partial charge in [0.25, 0.3) is 5.91 Å². The third-order valence-corrected chi connectivity index (χ3v) is 4.91. The van der Waals surface area contributed by atoms with E-state index in [-0.39, 0.29) is 11.4 Å². The van der Waals surface area contributed by atoms with E-state index in [0.29, 0.717) is 24.7 Å². The van der Waals surface area contributed by atoms with Crippen LogP contribution >= 0.6 is 27.5 Å². The number of nitrogens with one attached hydrogen (secondary N) is 1. The van der Waals surface area contributed by atoms with Crippen LogP contribution in [0.3, 0.4) is 0 Å². The molecular formula is C14H17BrClNO2. The summed E-state index contributed by atoms with van der Waals surface area (Å²) >= 11 is 9.48. The first-order valence-electron chi connectivity index (χ1n) is 6.29. The molecule has 0 unspecified atom stereocenters.